The van der Waals surface area contributed by atoms with Crippen molar-refractivity contribution in [1.29, 1.82) is 0 Å². The van der Waals surface area contributed by atoms with E-state index in [1.54, 1.807) is 42.5 Å². The summed E-state index contributed by atoms with van der Waals surface area (Å²) >= 11 is 0. The molecule has 0 radical (unpaired) electrons. The molecule has 0 aromatic heterocycles. The third-order valence-corrected chi connectivity index (χ3v) is 9.48. The summed E-state index contributed by atoms with van der Waals surface area (Å²) in [6, 6.07) is 29.7. The molecule has 4 aromatic rings. The number of hydrogen-bond acceptors (Lipinski definition) is 8. The summed E-state index contributed by atoms with van der Waals surface area (Å²) in [4.78, 5) is 2.40. The lowest BCUT2D eigenvalue weighted by molar-refractivity contribution is 0.0190. The first-order chi connectivity index (χ1) is 21.7. The molecule has 0 saturated carbocycles. The number of aliphatic hydroxyl groups excluding tert-OH is 1. The number of nitrogens with one attached hydrogen (secondary N) is 2. The Hall–Kier alpha value is -4.10. The third kappa shape index (κ3) is 10.5. The molecule has 0 bridgehead atoms. The summed E-state index contributed by atoms with van der Waals surface area (Å²) < 4.78 is 59.2. The first kappa shape index (κ1) is 34.8. The van der Waals surface area contributed by atoms with Gasteiger partial charge in [0.05, 0.1) is 16.8 Å². The van der Waals surface area contributed by atoms with Crippen molar-refractivity contribution in [3.05, 3.63) is 114 Å². The van der Waals surface area contributed by atoms with Crippen molar-refractivity contribution in [3.63, 3.8) is 0 Å². The molecule has 246 valence electrons. The number of sulfonamides is 2. The van der Waals surface area contributed by atoms with Crippen molar-refractivity contribution >= 4 is 31.4 Å². The Morgan fingerprint density at radius 1 is 0.826 bits per heavy atom. The number of hydrogen-bond donors (Lipinski definition) is 4. The molecular formula is C34H41N3O7S2. The molecule has 0 aliphatic rings. The third-order valence-electron chi connectivity index (χ3n) is 7.49. The van der Waals surface area contributed by atoms with Crippen LogP contribution in [0, 0.1) is 0 Å². The van der Waals surface area contributed by atoms with Gasteiger partial charge in [-0.1, -0.05) is 60.7 Å². The molecule has 0 aliphatic carbocycles. The number of ether oxygens (including phenoxy) is 1. The first-order valence-electron chi connectivity index (χ1n) is 14.8. The molecule has 46 heavy (non-hydrogen) atoms. The van der Waals surface area contributed by atoms with E-state index in [4.69, 9.17) is 4.74 Å². The van der Waals surface area contributed by atoms with Gasteiger partial charge in [-0.15, -0.1) is 0 Å². The van der Waals surface area contributed by atoms with Crippen LogP contribution in [0.3, 0.4) is 0 Å². The molecule has 0 heterocycles. The van der Waals surface area contributed by atoms with Crippen molar-refractivity contribution in [2.75, 3.05) is 28.9 Å². The Labute approximate surface area is 271 Å². The van der Waals surface area contributed by atoms with Crippen molar-refractivity contribution in [2.24, 2.45) is 0 Å². The second-order valence-corrected chi connectivity index (χ2v) is 15.2. The maximum Gasteiger partial charge on any atom is 0.261 e. The predicted octanol–water partition coefficient (Wildman–Crippen LogP) is 5.22. The quantitative estimate of drug-likeness (QED) is 0.119. The fraction of sp³-hybridized carbons (Fsp3) is 0.294. The number of aromatic hydroxyl groups is 1. The van der Waals surface area contributed by atoms with Crippen LogP contribution in [0.25, 0.3) is 0 Å². The van der Waals surface area contributed by atoms with Gasteiger partial charge in [-0.25, -0.2) is 16.8 Å². The van der Waals surface area contributed by atoms with E-state index in [1.807, 2.05) is 42.5 Å². The Morgan fingerprint density at radius 2 is 1.46 bits per heavy atom. The fourth-order valence-corrected chi connectivity index (χ4v) is 6.52. The second-order valence-electron chi connectivity index (χ2n) is 11.8. The molecule has 4 N–H and O–H groups in total. The number of rotatable bonds is 16. The van der Waals surface area contributed by atoms with Gasteiger partial charge in [-0.3, -0.25) is 14.3 Å². The van der Waals surface area contributed by atoms with Crippen LogP contribution in [0.1, 0.15) is 31.4 Å². The van der Waals surface area contributed by atoms with Gasteiger partial charge in [0.15, 0.2) is 0 Å². The number of phenols is 1. The highest BCUT2D eigenvalue weighted by Crippen LogP contribution is 2.29. The fourth-order valence-electron chi connectivity index (χ4n) is 4.88. The lowest BCUT2D eigenvalue weighted by Gasteiger charge is -2.40. The standard InChI is InChI=1S/C34H41N3O7S2/c1-34(2,21-20-26-14-16-28(17-15-26)35-46(42,43)31-12-8-5-9-13-31)37(23-27-10-6-4-7-11-27)24-29(38)25-44-30-18-19-33(39)32(22-30)36-45(3,40)41/h4-19,22,29,35-36,38-39H,20-21,23-25H2,1-3H3. The van der Waals surface area contributed by atoms with Crippen LogP contribution in [0.4, 0.5) is 11.4 Å². The average Bonchev–Trinajstić information content (AvgIpc) is 3.01. The Balaban J connectivity index is 1.40. The minimum atomic E-state index is -3.68. The van der Waals surface area contributed by atoms with Crippen LogP contribution < -0.4 is 14.2 Å². The number of aryl methyl sites for hydroxylation is 1. The van der Waals surface area contributed by atoms with Crippen LogP contribution in [-0.2, 0) is 33.0 Å². The molecule has 0 fully saturated rings. The van der Waals surface area contributed by atoms with Gasteiger partial charge in [0.1, 0.15) is 24.2 Å². The number of benzene rings is 4. The van der Waals surface area contributed by atoms with Crippen molar-refractivity contribution in [1.82, 2.24) is 4.90 Å². The van der Waals surface area contributed by atoms with Crippen LogP contribution in [0.5, 0.6) is 11.5 Å². The Morgan fingerprint density at radius 3 is 2.09 bits per heavy atom. The van der Waals surface area contributed by atoms with Crippen LogP contribution >= 0.6 is 0 Å². The number of phenolic OH excluding ortho intramolecular Hbond substituents is 1. The minimum absolute atomic E-state index is 0.0111. The summed E-state index contributed by atoms with van der Waals surface area (Å²) in [6.07, 6.45) is 1.58. The van der Waals surface area contributed by atoms with Crippen LogP contribution in [-0.4, -0.2) is 63.0 Å². The van der Waals surface area contributed by atoms with E-state index in [0.717, 1.165) is 30.2 Å². The highest BCUT2D eigenvalue weighted by molar-refractivity contribution is 7.92. The molecule has 0 saturated heterocycles. The first-order valence-corrected chi connectivity index (χ1v) is 18.2. The lowest BCUT2D eigenvalue weighted by Crippen LogP contribution is -2.48. The van der Waals surface area contributed by atoms with Gasteiger partial charge in [-0.05, 0) is 74.2 Å². The van der Waals surface area contributed by atoms with Crippen LogP contribution in [0.2, 0.25) is 0 Å². The molecule has 10 nitrogen and oxygen atoms in total. The largest absolute Gasteiger partial charge is 0.506 e. The van der Waals surface area contributed by atoms with Gasteiger partial charge < -0.3 is 14.9 Å². The maximum absolute atomic E-state index is 12.7. The topological polar surface area (TPSA) is 145 Å². The summed E-state index contributed by atoms with van der Waals surface area (Å²) in [6.45, 7) is 5.08. The zero-order valence-electron chi connectivity index (χ0n) is 26.1. The van der Waals surface area contributed by atoms with E-state index >= 15 is 0 Å². The number of aliphatic hydroxyl groups is 1. The summed E-state index contributed by atoms with van der Waals surface area (Å²) in [7, 11) is -7.28. The monoisotopic (exact) mass is 667 g/mol. The Kier molecular flexibility index (Phi) is 11.3. The van der Waals surface area contributed by atoms with Gasteiger partial charge in [-0.2, -0.15) is 0 Å². The molecule has 12 heteroatoms. The zero-order valence-corrected chi connectivity index (χ0v) is 27.8. The highest BCUT2D eigenvalue weighted by Gasteiger charge is 2.29. The Bertz CT molecular complexity index is 1780. The molecule has 4 rings (SSSR count). The van der Waals surface area contributed by atoms with Crippen molar-refractivity contribution in [2.45, 2.75) is 49.8 Å². The zero-order chi connectivity index (χ0) is 33.4. The summed E-state index contributed by atoms with van der Waals surface area (Å²) in [5, 5.41) is 21.0. The van der Waals surface area contributed by atoms with Gasteiger partial charge in [0.25, 0.3) is 10.0 Å². The van der Waals surface area contributed by atoms with Crippen molar-refractivity contribution < 1.29 is 31.8 Å². The maximum atomic E-state index is 12.7. The van der Waals surface area contributed by atoms with E-state index < -0.39 is 26.2 Å². The molecule has 1 atom stereocenters. The number of β-amino-alcohol motifs (C(OH)–C–C–N with tert-alkyl or cyclic N) is 1. The molecule has 1 unspecified atom stereocenters. The van der Waals surface area contributed by atoms with Crippen LogP contribution in [0.15, 0.2) is 108 Å². The molecular weight excluding hydrogens is 627 g/mol. The van der Waals surface area contributed by atoms with Crippen molar-refractivity contribution in [3.8, 4) is 11.5 Å². The number of anilines is 2. The van der Waals surface area contributed by atoms with E-state index in [9.17, 15) is 27.0 Å². The SMILES string of the molecule is CC(C)(CCc1ccc(NS(=O)(=O)c2ccccc2)cc1)N(Cc1ccccc1)CC(O)COc1ccc(O)c(NS(C)(=O)=O)c1. The second kappa shape index (κ2) is 15.0. The van der Waals surface area contributed by atoms with E-state index in [-0.39, 0.29) is 28.5 Å². The lowest BCUT2D eigenvalue weighted by atomic mass is 9.92. The van der Waals surface area contributed by atoms with Gasteiger partial charge >= 0.3 is 0 Å². The van der Waals surface area contributed by atoms with Gasteiger partial charge in [0, 0.05) is 30.4 Å². The van der Waals surface area contributed by atoms with E-state index in [1.165, 1.54) is 18.2 Å². The van der Waals surface area contributed by atoms with E-state index in [0.29, 0.717) is 24.5 Å². The summed E-state index contributed by atoms with van der Waals surface area (Å²) in [5.41, 5.74) is 2.26. The van der Waals surface area contributed by atoms with E-state index in [2.05, 4.69) is 28.2 Å². The molecule has 0 amide bonds. The molecule has 4 aromatic carbocycles. The molecule has 0 aliphatic heterocycles. The van der Waals surface area contributed by atoms with Gasteiger partial charge in [0.2, 0.25) is 10.0 Å². The molecule has 0 spiro atoms. The number of nitrogens with zero attached hydrogens (tertiary/aromatic N) is 1. The normalized spacial score (nSPS) is 12.9. The summed E-state index contributed by atoms with van der Waals surface area (Å²) in [5.74, 6) is 0.0589. The smallest absolute Gasteiger partial charge is 0.261 e. The highest BCUT2D eigenvalue weighted by atomic mass is 32.2. The predicted molar refractivity (Wildman–Crippen MR) is 181 cm³/mol. The minimum Gasteiger partial charge on any atom is -0.506 e. The average molecular weight is 668 g/mol.